The summed E-state index contributed by atoms with van der Waals surface area (Å²) in [6.45, 7) is 14.5. The van der Waals surface area contributed by atoms with Crippen molar-refractivity contribution in [2.24, 2.45) is 10.8 Å². The van der Waals surface area contributed by atoms with E-state index in [1.54, 1.807) is 0 Å². The van der Waals surface area contributed by atoms with E-state index in [1.807, 2.05) is 12.1 Å². The Morgan fingerprint density at radius 1 is 0.966 bits per heavy atom. The lowest BCUT2D eigenvalue weighted by molar-refractivity contribution is -0.108. The Morgan fingerprint density at radius 3 is 2.03 bits per heavy atom. The van der Waals surface area contributed by atoms with E-state index in [0.717, 1.165) is 57.0 Å². The van der Waals surface area contributed by atoms with Gasteiger partial charge in [-0.1, -0.05) is 51.4 Å². The molecule has 1 N–H and O–H groups in total. The summed E-state index contributed by atoms with van der Waals surface area (Å²) in [6, 6.07) is 8.17. The largest absolute Gasteiger partial charge is 0.389 e. The number of nitrogens with zero attached hydrogens (tertiary/aromatic N) is 2. The van der Waals surface area contributed by atoms with Gasteiger partial charge in [0.25, 0.3) is 0 Å². The first-order chi connectivity index (χ1) is 12.5. The van der Waals surface area contributed by atoms with Crippen molar-refractivity contribution in [3.05, 3.63) is 34.9 Å². The number of rotatable bonds is 4. The predicted molar refractivity (Wildman–Crippen MR) is 129 cm³/mol. The van der Waals surface area contributed by atoms with Gasteiger partial charge in [-0.15, -0.1) is 24.8 Å². The van der Waals surface area contributed by atoms with E-state index in [0.29, 0.717) is 0 Å². The highest BCUT2D eigenvalue weighted by Crippen LogP contribution is 2.54. The van der Waals surface area contributed by atoms with Crippen molar-refractivity contribution in [1.82, 2.24) is 9.80 Å². The molecule has 168 valence electrons. The number of hydrogen-bond donors (Lipinski definition) is 1. The van der Waals surface area contributed by atoms with Gasteiger partial charge < -0.3 is 14.9 Å². The minimum absolute atomic E-state index is 0. The van der Waals surface area contributed by atoms with Gasteiger partial charge in [-0.3, -0.25) is 0 Å². The molecule has 1 atom stereocenters. The molecule has 2 aliphatic rings. The molecule has 0 spiro atoms. The van der Waals surface area contributed by atoms with E-state index in [-0.39, 0.29) is 41.6 Å². The molecular weight excluding hydrogens is 427 g/mol. The predicted octanol–water partition coefficient (Wildman–Crippen LogP) is 5.48. The van der Waals surface area contributed by atoms with Crippen LogP contribution in [-0.4, -0.2) is 60.3 Å². The van der Waals surface area contributed by atoms with Crippen LogP contribution in [0.2, 0.25) is 5.02 Å². The zero-order valence-corrected chi connectivity index (χ0v) is 21.0. The summed E-state index contributed by atoms with van der Waals surface area (Å²) in [5, 5.41) is 12.8. The fourth-order valence-electron chi connectivity index (χ4n) is 5.98. The van der Waals surface area contributed by atoms with Crippen LogP contribution in [0.4, 0.5) is 0 Å². The van der Waals surface area contributed by atoms with E-state index in [2.05, 4.69) is 56.7 Å². The van der Waals surface area contributed by atoms with Crippen molar-refractivity contribution < 1.29 is 5.11 Å². The topological polar surface area (TPSA) is 26.7 Å². The molecular formula is C23H39Cl3N2O. The Balaban J connectivity index is 0.00000210. The Hall–Kier alpha value is -0.0300. The van der Waals surface area contributed by atoms with E-state index in [1.165, 1.54) is 5.56 Å². The molecule has 0 bridgehead atoms. The number of piperazine rings is 1. The van der Waals surface area contributed by atoms with Gasteiger partial charge in [-0.25, -0.2) is 0 Å². The highest BCUT2D eigenvalue weighted by atomic mass is 35.5. The van der Waals surface area contributed by atoms with Crippen LogP contribution in [0.25, 0.3) is 0 Å². The van der Waals surface area contributed by atoms with Crippen LogP contribution in [-0.2, 0) is 0 Å². The molecule has 1 saturated carbocycles. The highest BCUT2D eigenvalue weighted by molar-refractivity contribution is 6.30. The van der Waals surface area contributed by atoms with E-state index in [9.17, 15) is 5.11 Å². The summed E-state index contributed by atoms with van der Waals surface area (Å²) in [7, 11) is 2.19. The van der Waals surface area contributed by atoms with E-state index >= 15 is 0 Å². The standard InChI is InChI=1S/C23H37ClN2O.2ClH/c1-21(2)15-22(3,4)17-23(27,16-21)20(18-7-6-8-19(24)13-18)14-26-11-9-25(5)10-12-26;;/h6-8,13,20,27H,9-12,14-17H2,1-5H3;2*1H. The fraction of sp³-hybridized carbons (Fsp3) is 0.739. The SMILES string of the molecule is CN1CCN(CC(c2cccc(Cl)c2)C2(O)CC(C)(C)CC(C)(C)C2)CC1.Cl.Cl. The third kappa shape index (κ3) is 6.98. The molecule has 1 aromatic rings. The highest BCUT2D eigenvalue weighted by Gasteiger charge is 2.51. The van der Waals surface area contributed by atoms with Crippen molar-refractivity contribution in [1.29, 1.82) is 0 Å². The lowest BCUT2D eigenvalue weighted by Gasteiger charge is -2.53. The Bertz CT molecular complexity index is 641. The Labute approximate surface area is 195 Å². The summed E-state index contributed by atoms with van der Waals surface area (Å²) >= 11 is 6.35. The van der Waals surface area contributed by atoms with Crippen molar-refractivity contribution >= 4 is 36.4 Å². The summed E-state index contributed by atoms with van der Waals surface area (Å²) in [4.78, 5) is 4.91. The molecule has 2 fully saturated rings. The Morgan fingerprint density at radius 2 is 1.52 bits per heavy atom. The van der Waals surface area contributed by atoms with E-state index in [4.69, 9.17) is 11.6 Å². The first-order valence-electron chi connectivity index (χ1n) is 10.4. The molecule has 1 aliphatic carbocycles. The monoisotopic (exact) mass is 464 g/mol. The molecule has 1 aromatic carbocycles. The van der Waals surface area contributed by atoms with Gasteiger partial charge in [-0.2, -0.15) is 0 Å². The molecule has 1 aliphatic heterocycles. The second-order valence-corrected chi connectivity index (χ2v) is 11.1. The molecule has 1 heterocycles. The lowest BCUT2D eigenvalue weighted by atomic mass is 9.56. The molecule has 29 heavy (non-hydrogen) atoms. The molecule has 6 heteroatoms. The maximum absolute atomic E-state index is 12.0. The van der Waals surface area contributed by atoms with Crippen LogP contribution >= 0.6 is 36.4 Å². The maximum atomic E-state index is 12.0. The molecule has 3 nitrogen and oxygen atoms in total. The van der Waals surface area contributed by atoms with Crippen molar-refractivity contribution in [2.75, 3.05) is 39.8 Å². The van der Waals surface area contributed by atoms with Crippen LogP contribution in [0.3, 0.4) is 0 Å². The number of benzene rings is 1. The first-order valence-corrected chi connectivity index (χ1v) is 10.7. The second-order valence-electron chi connectivity index (χ2n) is 10.7. The first kappa shape index (κ1) is 27.0. The van der Waals surface area contributed by atoms with Gasteiger partial charge in [0.2, 0.25) is 0 Å². The molecule has 1 unspecified atom stereocenters. The number of hydrogen-bond acceptors (Lipinski definition) is 3. The smallest absolute Gasteiger partial charge is 0.0738 e. The number of likely N-dealkylation sites (N-methyl/N-ethyl adjacent to an activating group) is 1. The van der Waals surface area contributed by atoms with E-state index < -0.39 is 5.60 Å². The minimum Gasteiger partial charge on any atom is -0.389 e. The number of aliphatic hydroxyl groups is 1. The zero-order chi connectivity index (χ0) is 19.9. The van der Waals surface area contributed by atoms with Gasteiger partial charge in [0.05, 0.1) is 5.60 Å². The molecule has 0 amide bonds. The van der Waals surface area contributed by atoms with Gasteiger partial charge in [0.15, 0.2) is 0 Å². The van der Waals surface area contributed by atoms with Gasteiger partial charge in [-0.05, 0) is 54.8 Å². The zero-order valence-electron chi connectivity index (χ0n) is 18.6. The lowest BCUT2D eigenvalue weighted by Crippen LogP contribution is -2.54. The molecule has 1 saturated heterocycles. The van der Waals surface area contributed by atoms with Crippen LogP contribution < -0.4 is 0 Å². The summed E-state index contributed by atoms with van der Waals surface area (Å²) in [6.07, 6.45) is 2.84. The molecule has 3 rings (SSSR count). The van der Waals surface area contributed by atoms with Crippen molar-refractivity contribution in [3.8, 4) is 0 Å². The minimum atomic E-state index is -0.709. The van der Waals surface area contributed by atoms with Crippen LogP contribution in [0.1, 0.15) is 58.4 Å². The normalized spacial score (nSPS) is 24.8. The van der Waals surface area contributed by atoms with Gasteiger partial charge >= 0.3 is 0 Å². The quantitative estimate of drug-likeness (QED) is 0.637. The van der Waals surface area contributed by atoms with Crippen LogP contribution in [0.5, 0.6) is 0 Å². The molecule has 0 aromatic heterocycles. The van der Waals surface area contributed by atoms with Crippen LogP contribution in [0, 0.1) is 10.8 Å². The number of halogens is 3. The molecule has 0 radical (unpaired) electrons. The fourth-order valence-corrected chi connectivity index (χ4v) is 6.18. The average molecular weight is 466 g/mol. The van der Waals surface area contributed by atoms with Crippen LogP contribution in [0.15, 0.2) is 24.3 Å². The van der Waals surface area contributed by atoms with Crippen molar-refractivity contribution in [2.45, 2.75) is 58.5 Å². The summed E-state index contributed by atoms with van der Waals surface area (Å²) in [5.74, 6) is 0.0819. The third-order valence-corrected chi connectivity index (χ3v) is 6.70. The van der Waals surface area contributed by atoms with Crippen molar-refractivity contribution in [3.63, 3.8) is 0 Å². The Kier molecular flexibility index (Phi) is 9.37. The summed E-state index contributed by atoms with van der Waals surface area (Å²) < 4.78 is 0. The van der Waals surface area contributed by atoms with Gasteiger partial charge in [0.1, 0.15) is 0 Å². The van der Waals surface area contributed by atoms with Gasteiger partial charge in [0, 0.05) is 43.7 Å². The third-order valence-electron chi connectivity index (χ3n) is 6.46. The summed E-state index contributed by atoms with van der Waals surface area (Å²) in [5.41, 5.74) is 0.738. The second kappa shape index (κ2) is 10.1. The average Bonchev–Trinajstić information content (AvgIpc) is 2.50. The maximum Gasteiger partial charge on any atom is 0.0738 e.